The van der Waals surface area contributed by atoms with Gasteiger partial charge < -0.3 is 15.9 Å². The van der Waals surface area contributed by atoms with Crippen LogP contribution in [0.25, 0.3) is 11.1 Å². The summed E-state index contributed by atoms with van der Waals surface area (Å²) in [6.07, 6.45) is 0. The van der Waals surface area contributed by atoms with Crippen molar-refractivity contribution in [2.24, 2.45) is 7.05 Å². The Morgan fingerprint density at radius 3 is 2.47 bits per heavy atom. The van der Waals surface area contributed by atoms with Gasteiger partial charge in [0.25, 0.3) is 0 Å². The Balaban J connectivity index is 2.65. The number of nitrogens with two attached hydrogens (primary N) is 1. The van der Waals surface area contributed by atoms with E-state index < -0.39 is 5.97 Å². The zero-order chi connectivity index (χ0) is 12.6. The lowest BCUT2D eigenvalue weighted by Gasteiger charge is -2.02. The van der Waals surface area contributed by atoms with Gasteiger partial charge in [-0.1, -0.05) is 12.1 Å². The first kappa shape index (κ1) is 11.0. The molecule has 1 aromatic carbocycles. The Morgan fingerprint density at radius 2 is 1.94 bits per heavy atom. The molecule has 0 radical (unpaired) electrons. The van der Waals surface area contributed by atoms with E-state index in [0.717, 1.165) is 0 Å². The van der Waals surface area contributed by atoms with Crippen LogP contribution in [0, 0.1) is 0 Å². The molecule has 0 spiro atoms. The number of aryl methyl sites for hydroxylation is 1. The van der Waals surface area contributed by atoms with Crippen molar-refractivity contribution < 1.29 is 15.0 Å². The Labute approximate surface area is 96.9 Å². The highest BCUT2D eigenvalue weighted by atomic mass is 16.4. The van der Waals surface area contributed by atoms with Crippen LogP contribution in [0.3, 0.4) is 0 Å². The number of rotatable bonds is 2. The maximum Gasteiger partial charge on any atom is 0.357 e. The van der Waals surface area contributed by atoms with E-state index in [1.807, 2.05) is 0 Å². The summed E-state index contributed by atoms with van der Waals surface area (Å²) in [5, 5.41) is 22.1. The van der Waals surface area contributed by atoms with Crippen molar-refractivity contribution in [3.63, 3.8) is 0 Å². The van der Waals surface area contributed by atoms with Crippen LogP contribution in [0.1, 0.15) is 10.5 Å². The molecule has 6 heteroatoms. The third kappa shape index (κ3) is 1.80. The minimum atomic E-state index is -1.14. The van der Waals surface area contributed by atoms with E-state index in [1.54, 1.807) is 19.2 Å². The predicted molar refractivity (Wildman–Crippen MR) is 61.7 cm³/mol. The summed E-state index contributed by atoms with van der Waals surface area (Å²) in [5.74, 6) is -0.762. The van der Waals surface area contributed by atoms with Crippen LogP contribution in [-0.2, 0) is 7.05 Å². The lowest BCUT2D eigenvalue weighted by atomic mass is 10.1. The second-order valence-corrected chi connectivity index (χ2v) is 3.58. The summed E-state index contributed by atoms with van der Waals surface area (Å²) < 4.78 is 1.31. The van der Waals surface area contributed by atoms with Crippen LogP contribution in [0.5, 0.6) is 5.75 Å². The Bertz CT molecular complexity index is 572. The molecule has 0 aliphatic heterocycles. The first-order valence-corrected chi connectivity index (χ1v) is 4.86. The van der Waals surface area contributed by atoms with Gasteiger partial charge in [0.05, 0.1) is 5.56 Å². The van der Waals surface area contributed by atoms with Gasteiger partial charge in [0, 0.05) is 7.05 Å². The molecule has 0 aliphatic rings. The monoisotopic (exact) mass is 233 g/mol. The maximum absolute atomic E-state index is 11.0. The first-order chi connectivity index (χ1) is 8.00. The summed E-state index contributed by atoms with van der Waals surface area (Å²) in [6, 6.07) is 6.12. The minimum absolute atomic E-state index is 0.101. The van der Waals surface area contributed by atoms with Gasteiger partial charge in [-0.2, -0.15) is 5.10 Å². The first-order valence-electron chi connectivity index (χ1n) is 4.86. The van der Waals surface area contributed by atoms with E-state index in [2.05, 4.69) is 5.10 Å². The van der Waals surface area contributed by atoms with Gasteiger partial charge >= 0.3 is 5.97 Å². The van der Waals surface area contributed by atoms with Gasteiger partial charge in [0.2, 0.25) is 0 Å². The van der Waals surface area contributed by atoms with Crippen LogP contribution in [0.4, 0.5) is 5.82 Å². The zero-order valence-corrected chi connectivity index (χ0v) is 9.08. The number of nitrogens with zero attached hydrogens (tertiary/aromatic N) is 2. The molecule has 0 atom stereocenters. The van der Waals surface area contributed by atoms with Crippen LogP contribution in [-0.4, -0.2) is 26.0 Å². The van der Waals surface area contributed by atoms with E-state index in [4.69, 9.17) is 10.8 Å². The molecule has 2 aromatic rings. The van der Waals surface area contributed by atoms with Gasteiger partial charge in [-0.3, -0.25) is 4.68 Å². The largest absolute Gasteiger partial charge is 0.508 e. The van der Waals surface area contributed by atoms with E-state index in [0.29, 0.717) is 11.1 Å². The average Bonchev–Trinajstić information content (AvgIpc) is 2.57. The average molecular weight is 233 g/mol. The fourth-order valence-corrected chi connectivity index (χ4v) is 1.60. The standard InChI is InChI=1S/C11H11N3O3/c1-14-10(12)8(9(13-14)11(16)17)6-2-4-7(15)5-3-6/h2-5,15H,12H2,1H3,(H,16,17). The van der Waals surface area contributed by atoms with E-state index >= 15 is 0 Å². The molecule has 88 valence electrons. The SMILES string of the molecule is Cn1nc(C(=O)O)c(-c2ccc(O)cc2)c1N. The number of aromatic nitrogens is 2. The van der Waals surface area contributed by atoms with E-state index in [-0.39, 0.29) is 17.3 Å². The number of benzene rings is 1. The second-order valence-electron chi connectivity index (χ2n) is 3.58. The number of carboxylic acids is 1. The number of anilines is 1. The minimum Gasteiger partial charge on any atom is -0.508 e. The lowest BCUT2D eigenvalue weighted by Crippen LogP contribution is -2.00. The van der Waals surface area contributed by atoms with Crippen LogP contribution >= 0.6 is 0 Å². The molecule has 4 N–H and O–H groups in total. The van der Waals surface area contributed by atoms with Crippen molar-refractivity contribution in [2.45, 2.75) is 0 Å². The molecule has 1 heterocycles. The molecule has 2 rings (SSSR count). The summed E-state index contributed by atoms with van der Waals surface area (Å²) >= 11 is 0. The summed E-state index contributed by atoms with van der Waals surface area (Å²) in [4.78, 5) is 11.0. The molecule has 17 heavy (non-hydrogen) atoms. The van der Waals surface area contributed by atoms with Crippen LogP contribution in [0.2, 0.25) is 0 Å². The fourth-order valence-electron chi connectivity index (χ4n) is 1.60. The summed E-state index contributed by atoms with van der Waals surface area (Å²) in [7, 11) is 1.58. The number of aromatic hydroxyl groups is 1. The number of hydrogen-bond donors (Lipinski definition) is 3. The number of carboxylic acid groups (broad SMARTS) is 1. The van der Waals surface area contributed by atoms with Crippen LogP contribution in [0.15, 0.2) is 24.3 Å². The highest BCUT2D eigenvalue weighted by Crippen LogP contribution is 2.30. The molecule has 0 unspecified atom stereocenters. The highest BCUT2D eigenvalue weighted by molar-refractivity contribution is 5.97. The number of phenolic OH excluding ortho intramolecular Hbond substituents is 1. The molecule has 1 aromatic heterocycles. The highest BCUT2D eigenvalue weighted by Gasteiger charge is 2.20. The number of phenols is 1. The maximum atomic E-state index is 11.0. The molecule has 0 amide bonds. The third-order valence-electron chi connectivity index (χ3n) is 2.45. The third-order valence-corrected chi connectivity index (χ3v) is 2.45. The van der Waals surface area contributed by atoms with Gasteiger partial charge in [-0.15, -0.1) is 0 Å². The normalized spacial score (nSPS) is 10.4. The number of aromatic carboxylic acids is 1. The quantitative estimate of drug-likeness (QED) is 0.720. The van der Waals surface area contributed by atoms with Gasteiger partial charge in [0.1, 0.15) is 11.6 Å². The van der Waals surface area contributed by atoms with Crippen molar-refractivity contribution in [1.29, 1.82) is 0 Å². The Morgan fingerprint density at radius 1 is 1.35 bits per heavy atom. The zero-order valence-electron chi connectivity index (χ0n) is 9.08. The van der Waals surface area contributed by atoms with Crippen molar-refractivity contribution in [1.82, 2.24) is 9.78 Å². The van der Waals surface area contributed by atoms with Crippen molar-refractivity contribution in [3.05, 3.63) is 30.0 Å². The molecule has 0 saturated carbocycles. The topological polar surface area (TPSA) is 101 Å². The molecule has 0 bridgehead atoms. The number of carbonyl (C=O) groups is 1. The summed E-state index contributed by atoms with van der Waals surface area (Å²) in [6.45, 7) is 0. The number of nitrogen functional groups attached to an aromatic ring is 1. The molecule has 0 aliphatic carbocycles. The van der Waals surface area contributed by atoms with Crippen molar-refractivity contribution >= 4 is 11.8 Å². The van der Waals surface area contributed by atoms with Crippen molar-refractivity contribution in [2.75, 3.05) is 5.73 Å². The van der Waals surface area contributed by atoms with Gasteiger partial charge in [-0.25, -0.2) is 4.79 Å². The van der Waals surface area contributed by atoms with Crippen LogP contribution < -0.4 is 5.73 Å². The lowest BCUT2D eigenvalue weighted by molar-refractivity contribution is 0.0690. The Hall–Kier alpha value is -2.50. The molecule has 0 fully saturated rings. The van der Waals surface area contributed by atoms with Gasteiger partial charge in [-0.05, 0) is 17.7 Å². The van der Waals surface area contributed by atoms with Crippen molar-refractivity contribution in [3.8, 4) is 16.9 Å². The molecular weight excluding hydrogens is 222 g/mol. The molecule has 6 nitrogen and oxygen atoms in total. The Kier molecular flexibility index (Phi) is 2.47. The van der Waals surface area contributed by atoms with E-state index in [9.17, 15) is 9.90 Å². The smallest absolute Gasteiger partial charge is 0.357 e. The molecular formula is C11H11N3O3. The predicted octanol–water partition coefficient (Wildman–Crippen LogP) is 1.07. The van der Waals surface area contributed by atoms with Gasteiger partial charge in [0.15, 0.2) is 5.69 Å². The van der Waals surface area contributed by atoms with E-state index in [1.165, 1.54) is 16.8 Å². The summed E-state index contributed by atoms with van der Waals surface area (Å²) in [5.41, 5.74) is 6.65. The second kappa shape index (κ2) is 3.82. The fraction of sp³-hybridized carbons (Fsp3) is 0.0909. The number of hydrogen-bond acceptors (Lipinski definition) is 4. The molecule has 0 saturated heterocycles.